The Labute approximate surface area is 177 Å². The highest BCUT2D eigenvalue weighted by Crippen LogP contribution is 2.30. The Morgan fingerprint density at radius 3 is 2.55 bits per heavy atom. The predicted molar refractivity (Wildman–Crippen MR) is 114 cm³/mol. The third-order valence-electron chi connectivity index (χ3n) is 5.81. The van der Waals surface area contributed by atoms with Gasteiger partial charge in [-0.2, -0.15) is 0 Å². The Hall–Kier alpha value is -1.57. The molecule has 1 unspecified atom stereocenters. The number of piperidine rings is 1. The van der Waals surface area contributed by atoms with Crippen LogP contribution >= 0.6 is 11.8 Å². The summed E-state index contributed by atoms with van der Waals surface area (Å²) in [5, 5.41) is -0.347. The summed E-state index contributed by atoms with van der Waals surface area (Å²) in [6.45, 7) is 8.31. The second-order valence-electron chi connectivity index (χ2n) is 7.76. The number of ether oxygens (including phenoxy) is 2. The largest absolute Gasteiger partial charge is 0.468 e. The average Bonchev–Trinajstić information content (AvgIpc) is 2.78. The molecule has 1 atom stereocenters. The average molecular weight is 421 g/mol. The predicted octanol–water partition coefficient (Wildman–Crippen LogP) is 2.91. The van der Waals surface area contributed by atoms with Gasteiger partial charge < -0.3 is 14.4 Å². The first-order valence-corrected chi connectivity index (χ1v) is 11.4. The fraction of sp³-hybridized carbons (Fsp3) is 0.636. The van der Waals surface area contributed by atoms with E-state index in [1.165, 1.54) is 25.3 Å². The molecule has 3 rings (SSSR count). The third kappa shape index (κ3) is 6.20. The molecule has 0 bridgehead atoms. The lowest BCUT2D eigenvalue weighted by Crippen LogP contribution is -2.41. The molecular weight excluding hydrogens is 388 g/mol. The number of morpholine rings is 1. The number of nitrogens with zero attached hydrogens (tertiary/aromatic N) is 2. The standard InChI is InChI=1S/C22H32N2O4S/c1-17(22(26)27-2)29-20-6-4-3-5-19(20)21(25)24-11-8-18(9-12-24)7-10-23-13-15-28-16-14-23/h3-6,17-18H,7-16H2,1-2H3. The lowest BCUT2D eigenvalue weighted by atomic mass is 9.93. The summed E-state index contributed by atoms with van der Waals surface area (Å²) < 4.78 is 10.2. The molecule has 0 aromatic heterocycles. The minimum Gasteiger partial charge on any atom is -0.468 e. The van der Waals surface area contributed by atoms with E-state index >= 15 is 0 Å². The highest BCUT2D eigenvalue weighted by atomic mass is 32.2. The van der Waals surface area contributed by atoms with Crippen LogP contribution in [0.3, 0.4) is 0 Å². The van der Waals surface area contributed by atoms with Gasteiger partial charge in [-0.15, -0.1) is 11.8 Å². The molecule has 1 aromatic carbocycles. The van der Waals surface area contributed by atoms with Crippen LogP contribution in [0.2, 0.25) is 0 Å². The van der Waals surface area contributed by atoms with Gasteiger partial charge in [-0.1, -0.05) is 12.1 Å². The third-order valence-corrected chi connectivity index (χ3v) is 6.97. The van der Waals surface area contributed by atoms with Crippen LogP contribution in [0.25, 0.3) is 0 Å². The van der Waals surface area contributed by atoms with E-state index in [0.717, 1.165) is 63.7 Å². The Bertz CT molecular complexity index is 685. The molecular formula is C22H32N2O4S. The van der Waals surface area contributed by atoms with E-state index in [-0.39, 0.29) is 17.1 Å². The van der Waals surface area contributed by atoms with Crippen LogP contribution in [0, 0.1) is 5.92 Å². The number of methoxy groups -OCH3 is 1. The molecule has 2 aliphatic rings. The van der Waals surface area contributed by atoms with Crippen molar-refractivity contribution in [3.05, 3.63) is 29.8 Å². The second-order valence-corrected chi connectivity index (χ2v) is 9.14. The minimum atomic E-state index is -0.347. The number of hydrogen-bond acceptors (Lipinski definition) is 6. The maximum atomic E-state index is 13.1. The van der Waals surface area contributed by atoms with Crippen molar-refractivity contribution >= 4 is 23.6 Å². The lowest BCUT2D eigenvalue weighted by Gasteiger charge is -2.34. The molecule has 0 radical (unpaired) electrons. The minimum absolute atomic E-state index is 0.0665. The number of carbonyl (C=O) groups is 2. The fourth-order valence-electron chi connectivity index (χ4n) is 3.94. The van der Waals surface area contributed by atoms with Crippen LogP contribution < -0.4 is 0 Å². The van der Waals surface area contributed by atoms with E-state index in [9.17, 15) is 9.59 Å². The van der Waals surface area contributed by atoms with Gasteiger partial charge >= 0.3 is 5.97 Å². The fourth-order valence-corrected chi connectivity index (χ4v) is 4.95. The van der Waals surface area contributed by atoms with Gasteiger partial charge in [0.05, 0.1) is 25.9 Å². The van der Waals surface area contributed by atoms with Crippen LogP contribution in [-0.2, 0) is 14.3 Å². The first-order chi connectivity index (χ1) is 14.1. The maximum absolute atomic E-state index is 13.1. The zero-order valence-electron chi connectivity index (χ0n) is 17.5. The van der Waals surface area contributed by atoms with Crippen LogP contribution in [0.5, 0.6) is 0 Å². The molecule has 0 N–H and O–H groups in total. The van der Waals surface area contributed by atoms with E-state index in [4.69, 9.17) is 9.47 Å². The van der Waals surface area contributed by atoms with Gasteiger partial charge in [-0.3, -0.25) is 14.5 Å². The summed E-state index contributed by atoms with van der Waals surface area (Å²) in [7, 11) is 1.39. The van der Waals surface area contributed by atoms with Crippen LogP contribution in [0.1, 0.15) is 36.5 Å². The van der Waals surface area contributed by atoms with Gasteiger partial charge in [0, 0.05) is 31.1 Å². The summed E-state index contributed by atoms with van der Waals surface area (Å²) >= 11 is 1.38. The van der Waals surface area contributed by atoms with Crippen molar-refractivity contribution in [2.45, 2.75) is 36.3 Å². The van der Waals surface area contributed by atoms with Crippen molar-refractivity contribution in [2.24, 2.45) is 5.92 Å². The number of carbonyl (C=O) groups excluding carboxylic acids is 2. The number of benzene rings is 1. The lowest BCUT2D eigenvalue weighted by molar-refractivity contribution is -0.139. The maximum Gasteiger partial charge on any atom is 0.318 e. The molecule has 7 heteroatoms. The van der Waals surface area contributed by atoms with Gasteiger partial charge in [0.1, 0.15) is 5.25 Å². The molecule has 2 saturated heterocycles. The van der Waals surface area contributed by atoms with Crippen molar-refractivity contribution in [3.8, 4) is 0 Å². The SMILES string of the molecule is COC(=O)C(C)Sc1ccccc1C(=O)N1CCC(CCN2CCOCC2)CC1. The van der Waals surface area contributed by atoms with Gasteiger partial charge in [0.15, 0.2) is 0 Å². The highest BCUT2D eigenvalue weighted by molar-refractivity contribution is 8.00. The highest BCUT2D eigenvalue weighted by Gasteiger charge is 2.26. The molecule has 2 aliphatic heterocycles. The molecule has 1 amide bonds. The summed E-state index contributed by atoms with van der Waals surface area (Å²) in [5.74, 6) is 0.473. The summed E-state index contributed by atoms with van der Waals surface area (Å²) in [6, 6.07) is 7.56. The van der Waals surface area contributed by atoms with Crippen LogP contribution in [0.4, 0.5) is 0 Å². The van der Waals surface area contributed by atoms with Crippen molar-refractivity contribution < 1.29 is 19.1 Å². The number of amides is 1. The van der Waals surface area contributed by atoms with Crippen molar-refractivity contribution in [3.63, 3.8) is 0 Å². The first kappa shape index (κ1) is 22.1. The van der Waals surface area contributed by atoms with Crippen molar-refractivity contribution in [2.75, 3.05) is 53.0 Å². The summed E-state index contributed by atoms with van der Waals surface area (Å²) in [4.78, 5) is 30.2. The Kier molecular flexibility index (Phi) is 8.39. The van der Waals surface area contributed by atoms with Crippen LogP contribution in [-0.4, -0.2) is 80.0 Å². The van der Waals surface area contributed by atoms with Gasteiger partial charge in [-0.05, 0) is 50.8 Å². The molecule has 2 fully saturated rings. The number of likely N-dealkylation sites (tertiary alicyclic amines) is 1. The topological polar surface area (TPSA) is 59.1 Å². The molecule has 2 heterocycles. The zero-order chi connectivity index (χ0) is 20.6. The van der Waals surface area contributed by atoms with Gasteiger partial charge in [-0.25, -0.2) is 0 Å². The smallest absolute Gasteiger partial charge is 0.318 e. The van der Waals surface area contributed by atoms with E-state index < -0.39 is 0 Å². The van der Waals surface area contributed by atoms with Crippen molar-refractivity contribution in [1.82, 2.24) is 9.80 Å². The van der Waals surface area contributed by atoms with Crippen molar-refractivity contribution in [1.29, 1.82) is 0 Å². The van der Waals surface area contributed by atoms with E-state index in [1.54, 1.807) is 6.92 Å². The van der Waals surface area contributed by atoms with Gasteiger partial charge in [0.25, 0.3) is 5.91 Å². The summed E-state index contributed by atoms with van der Waals surface area (Å²) in [6.07, 6.45) is 3.32. The molecule has 29 heavy (non-hydrogen) atoms. The normalized spacial score (nSPS) is 19.7. The van der Waals surface area contributed by atoms with E-state index in [0.29, 0.717) is 11.5 Å². The molecule has 0 saturated carbocycles. The molecule has 160 valence electrons. The Morgan fingerprint density at radius 1 is 1.17 bits per heavy atom. The van der Waals surface area contributed by atoms with Gasteiger partial charge in [0.2, 0.25) is 0 Å². The monoisotopic (exact) mass is 420 g/mol. The first-order valence-electron chi connectivity index (χ1n) is 10.5. The van der Waals surface area contributed by atoms with Crippen LogP contribution in [0.15, 0.2) is 29.2 Å². The van der Waals surface area contributed by atoms with E-state index in [2.05, 4.69) is 4.90 Å². The Morgan fingerprint density at radius 2 is 1.86 bits per heavy atom. The van der Waals surface area contributed by atoms with E-state index in [1.807, 2.05) is 29.2 Å². The molecule has 0 spiro atoms. The quantitative estimate of drug-likeness (QED) is 0.499. The molecule has 6 nitrogen and oxygen atoms in total. The molecule has 1 aromatic rings. The Balaban J connectivity index is 1.52. The number of hydrogen-bond donors (Lipinski definition) is 0. The number of rotatable bonds is 7. The second kappa shape index (κ2) is 11.0. The molecule has 0 aliphatic carbocycles. The number of esters is 1. The zero-order valence-corrected chi connectivity index (χ0v) is 18.3. The summed E-state index contributed by atoms with van der Waals surface area (Å²) in [5.41, 5.74) is 0.681. The number of thioether (sulfide) groups is 1.